The van der Waals surface area contributed by atoms with E-state index in [2.05, 4.69) is 10.0 Å². The number of piperidine rings is 1. The molecule has 1 saturated heterocycles. The van der Waals surface area contributed by atoms with E-state index in [1.165, 1.54) is 13.2 Å². The summed E-state index contributed by atoms with van der Waals surface area (Å²) < 4.78 is 32.4. The number of sulfonamides is 1. The van der Waals surface area contributed by atoms with Crippen LogP contribution in [0.25, 0.3) is 0 Å². The molecule has 1 heterocycles. The van der Waals surface area contributed by atoms with Crippen molar-refractivity contribution in [3.05, 3.63) is 23.2 Å². The lowest BCUT2D eigenvalue weighted by Crippen LogP contribution is -2.38. The van der Waals surface area contributed by atoms with Gasteiger partial charge in [-0.1, -0.05) is 11.6 Å². The summed E-state index contributed by atoms with van der Waals surface area (Å²) in [5.74, 6) is 0.618. The Bertz CT molecular complexity index is 557. The second-order valence-corrected chi connectivity index (χ2v) is 7.03. The van der Waals surface area contributed by atoms with Crippen molar-refractivity contribution < 1.29 is 13.2 Å². The van der Waals surface area contributed by atoms with E-state index >= 15 is 0 Å². The van der Waals surface area contributed by atoms with Crippen LogP contribution in [0.1, 0.15) is 12.8 Å². The van der Waals surface area contributed by atoms with Gasteiger partial charge in [0, 0.05) is 11.6 Å². The molecule has 1 aromatic rings. The minimum atomic E-state index is -3.61. The molecule has 0 bridgehead atoms. The van der Waals surface area contributed by atoms with Crippen molar-refractivity contribution in [3.8, 4) is 5.75 Å². The lowest BCUT2D eigenvalue weighted by molar-refractivity contribution is 0.374. The molecular weight excluding hydrogens is 300 g/mol. The van der Waals surface area contributed by atoms with Crippen LogP contribution < -0.4 is 14.8 Å². The van der Waals surface area contributed by atoms with E-state index in [-0.39, 0.29) is 4.90 Å². The van der Waals surface area contributed by atoms with Crippen molar-refractivity contribution in [1.29, 1.82) is 0 Å². The molecule has 1 aliphatic heterocycles. The Labute approximate surface area is 124 Å². The standard InChI is InChI=1S/C13H19ClN2O3S/c1-19-12-5-4-11(14)7-13(12)20(17,18)16-9-10-3-2-6-15-8-10/h4-5,7,10,15-16H,2-3,6,8-9H2,1H3. The van der Waals surface area contributed by atoms with Gasteiger partial charge in [0.25, 0.3) is 0 Å². The molecule has 112 valence electrons. The summed E-state index contributed by atoms with van der Waals surface area (Å²) in [6.45, 7) is 2.27. The molecule has 20 heavy (non-hydrogen) atoms. The zero-order valence-electron chi connectivity index (χ0n) is 11.4. The van der Waals surface area contributed by atoms with Gasteiger partial charge in [-0.2, -0.15) is 0 Å². The molecule has 1 aromatic carbocycles. The Hall–Kier alpha value is -0.820. The van der Waals surface area contributed by atoms with Gasteiger partial charge in [-0.3, -0.25) is 0 Å². The van der Waals surface area contributed by atoms with E-state index in [0.717, 1.165) is 25.9 Å². The van der Waals surface area contributed by atoms with Gasteiger partial charge in [0.1, 0.15) is 10.6 Å². The van der Waals surface area contributed by atoms with E-state index in [4.69, 9.17) is 16.3 Å². The van der Waals surface area contributed by atoms with Crippen LogP contribution in [0.15, 0.2) is 23.1 Å². The number of hydrogen-bond donors (Lipinski definition) is 2. The highest BCUT2D eigenvalue weighted by atomic mass is 35.5. The number of halogens is 1. The second kappa shape index (κ2) is 6.76. The summed E-state index contributed by atoms with van der Waals surface area (Å²) in [4.78, 5) is 0.0799. The SMILES string of the molecule is COc1ccc(Cl)cc1S(=O)(=O)NCC1CCCNC1. The van der Waals surface area contributed by atoms with Crippen LogP contribution in [0.3, 0.4) is 0 Å². The third-order valence-electron chi connectivity index (χ3n) is 3.38. The van der Waals surface area contributed by atoms with E-state index in [0.29, 0.717) is 23.2 Å². The molecule has 1 fully saturated rings. The van der Waals surface area contributed by atoms with Crippen molar-refractivity contribution in [1.82, 2.24) is 10.0 Å². The van der Waals surface area contributed by atoms with Crippen LogP contribution in [0.5, 0.6) is 5.75 Å². The first-order chi connectivity index (χ1) is 9.53. The van der Waals surface area contributed by atoms with Crippen LogP contribution in [0.4, 0.5) is 0 Å². The van der Waals surface area contributed by atoms with Crippen molar-refractivity contribution in [2.24, 2.45) is 5.92 Å². The fourth-order valence-corrected chi connectivity index (χ4v) is 3.81. The van der Waals surface area contributed by atoms with E-state index in [9.17, 15) is 8.42 Å². The Kier molecular flexibility index (Phi) is 5.26. The molecule has 0 aliphatic carbocycles. The normalized spacial score (nSPS) is 19.8. The molecule has 0 spiro atoms. The average Bonchev–Trinajstić information content (AvgIpc) is 2.46. The smallest absolute Gasteiger partial charge is 0.244 e. The summed E-state index contributed by atoms with van der Waals surface area (Å²) in [5, 5.41) is 3.63. The van der Waals surface area contributed by atoms with Crippen molar-refractivity contribution in [3.63, 3.8) is 0 Å². The fraction of sp³-hybridized carbons (Fsp3) is 0.538. The fourth-order valence-electron chi connectivity index (χ4n) is 2.26. The zero-order chi connectivity index (χ0) is 14.6. The summed E-state index contributed by atoms with van der Waals surface area (Å²) >= 11 is 5.87. The molecule has 0 aromatic heterocycles. The Morgan fingerprint density at radius 2 is 2.30 bits per heavy atom. The summed E-state index contributed by atoms with van der Waals surface area (Å²) in [5.41, 5.74) is 0. The first-order valence-corrected chi connectivity index (χ1v) is 8.43. The first kappa shape index (κ1) is 15.6. The third-order valence-corrected chi connectivity index (χ3v) is 5.06. The van der Waals surface area contributed by atoms with Gasteiger partial charge < -0.3 is 10.1 Å². The van der Waals surface area contributed by atoms with E-state index < -0.39 is 10.0 Å². The molecular formula is C13H19ClN2O3S. The maximum Gasteiger partial charge on any atom is 0.244 e. The highest BCUT2D eigenvalue weighted by Gasteiger charge is 2.22. The Morgan fingerprint density at radius 1 is 1.50 bits per heavy atom. The highest BCUT2D eigenvalue weighted by Crippen LogP contribution is 2.27. The van der Waals surface area contributed by atoms with Gasteiger partial charge in [0.15, 0.2) is 0 Å². The van der Waals surface area contributed by atoms with Crippen LogP contribution >= 0.6 is 11.6 Å². The van der Waals surface area contributed by atoms with Gasteiger partial charge >= 0.3 is 0 Å². The van der Waals surface area contributed by atoms with Crippen molar-refractivity contribution in [2.75, 3.05) is 26.7 Å². The molecule has 2 rings (SSSR count). The Balaban J connectivity index is 2.11. The van der Waals surface area contributed by atoms with E-state index in [1.54, 1.807) is 12.1 Å². The predicted octanol–water partition coefficient (Wildman–Crippen LogP) is 1.63. The number of nitrogens with one attached hydrogen (secondary N) is 2. The first-order valence-electron chi connectivity index (χ1n) is 6.57. The van der Waals surface area contributed by atoms with E-state index in [1.807, 2.05) is 0 Å². The molecule has 2 N–H and O–H groups in total. The second-order valence-electron chi connectivity index (χ2n) is 4.86. The minimum Gasteiger partial charge on any atom is -0.495 e. The zero-order valence-corrected chi connectivity index (χ0v) is 12.9. The summed E-state index contributed by atoms with van der Waals surface area (Å²) in [6, 6.07) is 4.56. The molecule has 0 saturated carbocycles. The van der Waals surface area contributed by atoms with Gasteiger partial charge in [0.2, 0.25) is 10.0 Å². The molecule has 0 amide bonds. The molecule has 0 radical (unpaired) electrons. The third kappa shape index (κ3) is 3.85. The largest absolute Gasteiger partial charge is 0.495 e. The molecule has 7 heteroatoms. The number of benzene rings is 1. The summed E-state index contributed by atoms with van der Waals surface area (Å²) in [7, 11) is -2.17. The van der Waals surface area contributed by atoms with Gasteiger partial charge in [-0.15, -0.1) is 0 Å². The topological polar surface area (TPSA) is 67.4 Å². The molecule has 5 nitrogen and oxygen atoms in total. The number of ether oxygens (including phenoxy) is 1. The minimum absolute atomic E-state index is 0.0799. The quantitative estimate of drug-likeness (QED) is 0.866. The van der Waals surface area contributed by atoms with Crippen LogP contribution in [0.2, 0.25) is 5.02 Å². The highest BCUT2D eigenvalue weighted by molar-refractivity contribution is 7.89. The molecule has 1 aliphatic rings. The number of rotatable bonds is 5. The lowest BCUT2D eigenvalue weighted by atomic mass is 10.0. The van der Waals surface area contributed by atoms with Gasteiger partial charge in [-0.05, 0) is 50.0 Å². The van der Waals surface area contributed by atoms with Crippen LogP contribution in [0, 0.1) is 5.92 Å². The van der Waals surface area contributed by atoms with Gasteiger partial charge in [-0.25, -0.2) is 13.1 Å². The average molecular weight is 319 g/mol. The maximum atomic E-state index is 12.3. The number of hydrogen-bond acceptors (Lipinski definition) is 4. The van der Waals surface area contributed by atoms with Gasteiger partial charge in [0.05, 0.1) is 7.11 Å². The van der Waals surface area contributed by atoms with Crippen LogP contribution in [-0.2, 0) is 10.0 Å². The van der Waals surface area contributed by atoms with Crippen LogP contribution in [-0.4, -0.2) is 35.2 Å². The molecule has 1 atom stereocenters. The summed E-state index contributed by atoms with van der Waals surface area (Å²) in [6.07, 6.45) is 2.11. The van der Waals surface area contributed by atoms with Crippen molar-refractivity contribution in [2.45, 2.75) is 17.7 Å². The van der Waals surface area contributed by atoms with Crippen molar-refractivity contribution >= 4 is 21.6 Å². The predicted molar refractivity (Wildman–Crippen MR) is 78.8 cm³/mol. The lowest BCUT2D eigenvalue weighted by Gasteiger charge is -2.23. The molecule has 1 unspecified atom stereocenters. The number of methoxy groups -OCH3 is 1. The monoisotopic (exact) mass is 318 g/mol. The maximum absolute atomic E-state index is 12.3. The Morgan fingerprint density at radius 3 is 2.95 bits per heavy atom.